The molecule has 0 unspecified atom stereocenters. The fraction of sp³-hybridized carbons (Fsp3) is 0.125. The first-order valence-corrected chi connectivity index (χ1v) is 9.33. The molecule has 0 atom stereocenters. The lowest BCUT2D eigenvalue weighted by molar-refractivity contribution is -0.122. The summed E-state index contributed by atoms with van der Waals surface area (Å²) in [5.74, 6) is -1.49. The maximum atomic E-state index is 12.4. The highest BCUT2D eigenvalue weighted by Gasteiger charge is 2.28. The number of rotatable bonds is 4. The van der Waals surface area contributed by atoms with E-state index in [4.69, 9.17) is 0 Å². The highest BCUT2D eigenvalue weighted by Crippen LogP contribution is 2.26. The first-order chi connectivity index (χ1) is 13.2. The summed E-state index contributed by atoms with van der Waals surface area (Å²) in [5, 5.41) is 7.67. The van der Waals surface area contributed by atoms with E-state index >= 15 is 0 Å². The van der Waals surface area contributed by atoms with Gasteiger partial charge in [0.15, 0.2) is 5.01 Å². The van der Waals surface area contributed by atoms with E-state index in [0.717, 1.165) is 16.0 Å². The van der Waals surface area contributed by atoms with Crippen LogP contribution >= 0.6 is 22.7 Å². The predicted molar refractivity (Wildman–Crippen MR) is 98.8 cm³/mol. The molecule has 0 saturated heterocycles. The lowest BCUT2D eigenvalue weighted by atomic mass is 10.3. The van der Waals surface area contributed by atoms with Crippen molar-refractivity contribution in [3.8, 4) is 0 Å². The second-order valence-corrected chi connectivity index (χ2v) is 7.30. The Morgan fingerprint density at radius 3 is 2.54 bits per heavy atom. The molecule has 146 valence electrons. The maximum absolute atomic E-state index is 12.4. The number of hydrogen-bond acceptors (Lipinski definition) is 6. The van der Waals surface area contributed by atoms with E-state index in [0.29, 0.717) is 5.52 Å². The standard InChI is InChI=1S/C16H11F3N4O3S2/c17-16(18,19)7-20-15(26)23-11(24)8-5-6-27-13(8)22-12(25)14-21-9-3-1-2-4-10(9)28-14/h1-6H,7H2,(H,22,25)(H2,20,23,24,26). The second kappa shape index (κ2) is 7.94. The van der Waals surface area contributed by atoms with E-state index in [1.165, 1.54) is 28.1 Å². The summed E-state index contributed by atoms with van der Waals surface area (Å²) >= 11 is 2.20. The Kier molecular flexibility index (Phi) is 5.61. The number of imide groups is 1. The molecule has 0 radical (unpaired) electrons. The van der Waals surface area contributed by atoms with Gasteiger partial charge in [0.25, 0.3) is 11.8 Å². The number of nitrogens with one attached hydrogen (secondary N) is 3. The molecule has 3 aromatic rings. The van der Waals surface area contributed by atoms with Crippen LogP contribution in [0.15, 0.2) is 35.7 Å². The molecule has 0 spiro atoms. The molecule has 3 N–H and O–H groups in total. The Hall–Kier alpha value is -2.99. The average Bonchev–Trinajstić information content (AvgIpc) is 3.25. The van der Waals surface area contributed by atoms with Crippen molar-refractivity contribution in [3.63, 3.8) is 0 Å². The van der Waals surface area contributed by atoms with Crippen LogP contribution in [0.3, 0.4) is 0 Å². The minimum atomic E-state index is -4.60. The van der Waals surface area contributed by atoms with Gasteiger partial charge in [-0.3, -0.25) is 14.9 Å². The zero-order valence-electron chi connectivity index (χ0n) is 13.8. The van der Waals surface area contributed by atoms with Gasteiger partial charge in [0.2, 0.25) is 0 Å². The van der Waals surface area contributed by atoms with Crippen LogP contribution in [-0.4, -0.2) is 35.6 Å². The van der Waals surface area contributed by atoms with Gasteiger partial charge < -0.3 is 10.6 Å². The number of para-hydroxylation sites is 1. The molecule has 7 nitrogen and oxygen atoms in total. The number of thiophene rings is 1. The van der Waals surface area contributed by atoms with Crippen molar-refractivity contribution in [3.05, 3.63) is 46.3 Å². The van der Waals surface area contributed by atoms with Crippen molar-refractivity contribution in [2.45, 2.75) is 6.18 Å². The van der Waals surface area contributed by atoms with Crippen LogP contribution in [0.4, 0.5) is 23.0 Å². The summed E-state index contributed by atoms with van der Waals surface area (Å²) in [6, 6.07) is 7.21. The summed E-state index contributed by atoms with van der Waals surface area (Å²) in [6.07, 6.45) is -4.60. The van der Waals surface area contributed by atoms with Crippen molar-refractivity contribution in [2.24, 2.45) is 0 Å². The Balaban J connectivity index is 1.66. The molecule has 4 amide bonds. The van der Waals surface area contributed by atoms with Gasteiger partial charge in [-0.15, -0.1) is 22.7 Å². The molecule has 2 heterocycles. The Morgan fingerprint density at radius 1 is 1.07 bits per heavy atom. The van der Waals surface area contributed by atoms with Crippen LogP contribution < -0.4 is 16.0 Å². The number of carbonyl (C=O) groups is 3. The number of nitrogens with zero attached hydrogens (tertiary/aromatic N) is 1. The van der Waals surface area contributed by atoms with E-state index < -0.39 is 30.6 Å². The molecule has 2 aromatic heterocycles. The lowest BCUT2D eigenvalue weighted by Gasteiger charge is -2.09. The third-order valence-corrected chi connectivity index (χ3v) is 5.17. The third kappa shape index (κ3) is 4.84. The normalized spacial score (nSPS) is 11.2. The van der Waals surface area contributed by atoms with Crippen LogP contribution in [0.5, 0.6) is 0 Å². The molecule has 0 aliphatic carbocycles. The monoisotopic (exact) mass is 428 g/mol. The lowest BCUT2D eigenvalue weighted by Crippen LogP contribution is -2.43. The first-order valence-electron chi connectivity index (χ1n) is 7.63. The number of fused-ring (bicyclic) bond motifs is 1. The van der Waals surface area contributed by atoms with Crippen molar-refractivity contribution < 1.29 is 27.6 Å². The minimum Gasteiger partial charge on any atom is -0.329 e. The zero-order chi connectivity index (χ0) is 20.3. The number of urea groups is 1. The highest BCUT2D eigenvalue weighted by molar-refractivity contribution is 7.20. The van der Waals surface area contributed by atoms with Crippen LogP contribution in [0.25, 0.3) is 10.2 Å². The van der Waals surface area contributed by atoms with Crippen molar-refractivity contribution in [1.82, 2.24) is 15.6 Å². The molecule has 0 aliphatic rings. The molecule has 1 aromatic carbocycles. The van der Waals surface area contributed by atoms with Gasteiger partial charge in [0.05, 0.1) is 15.8 Å². The average molecular weight is 428 g/mol. The number of thiazole rings is 1. The molecular formula is C16H11F3N4O3S2. The Bertz CT molecular complexity index is 1010. The molecule has 0 aliphatic heterocycles. The molecule has 28 heavy (non-hydrogen) atoms. The van der Waals surface area contributed by atoms with Gasteiger partial charge in [-0.2, -0.15) is 13.2 Å². The number of alkyl halides is 3. The number of anilines is 1. The number of amides is 4. The third-order valence-electron chi connectivity index (χ3n) is 3.30. The fourth-order valence-corrected chi connectivity index (χ4v) is 3.75. The number of aromatic nitrogens is 1. The van der Waals surface area contributed by atoms with E-state index in [9.17, 15) is 27.6 Å². The van der Waals surface area contributed by atoms with Gasteiger partial charge in [0, 0.05) is 0 Å². The van der Waals surface area contributed by atoms with E-state index in [1.807, 2.05) is 12.1 Å². The highest BCUT2D eigenvalue weighted by atomic mass is 32.1. The quantitative estimate of drug-likeness (QED) is 0.591. The largest absolute Gasteiger partial charge is 0.405 e. The number of hydrogen-bond donors (Lipinski definition) is 3. The van der Waals surface area contributed by atoms with Gasteiger partial charge >= 0.3 is 12.2 Å². The van der Waals surface area contributed by atoms with Gasteiger partial charge in [-0.05, 0) is 23.6 Å². The summed E-state index contributed by atoms with van der Waals surface area (Å²) in [7, 11) is 0. The summed E-state index contributed by atoms with van der Waals surface area (Å²) < 4.78 is 37.1. The van der Waals surface area contributed by atoms with Crippen LogP contribution in [0, 0.1) is 0 Å². The fourth-order valence-electron chi connectivity index (χ4n) is 2.11. The van der Waals surface area contributed by atoms with Crippen LogP contribution in [-0.2, 0) is 0 Å². The van der Waals surface area contributed by atoms with Crippen molar-refractivity contribution >= 4 is 55.7 Å². The number of benzene rings is 1. The number of carbonyl (C=O) groups excluding carboxylic acids is 3. The molecule has 0 bridgehead atoms. The van der Waals surface area contributed by atoms with Gasteiger partial charge in [0.1, 0.15) is 11.5 Å². The van der Waals surface area contributed by atoms with Gasteiger partial charge in [-0.25, -0.2) is 9.78 Å². The maximum Gasteiger partial charge on any atom is 0.405 e. The van der Waals surface area contributed by atoms with E-state index in [-0.39, 0.29) is 15.6 Å². The Labute approximate surface area is 163 Å². The molecule has 0 saturated carbocycles. The van der Waals surface area contributed by atoms with Crippen molar-refractivity contribution in [1.29, 1.82) is 0 Å². The smallest absolute Gasteiger partial charge is 0.329 e. The molecule has 3 rings (SSSR count). The summed E-state index contributed by atoms with van der Waals surface area (Å²) in [6.45, 7) is -1.57. The molecule has 12 heteroatoms. The molecule has 0 fully saturated rings. The topological polar surface area (TPSA) is 100 Å². The zero-order valence-corrected chi connectivity index (χ0v) is 15.4. The summed E-state index contributed by atoms with van der Waals surface area (Å²) in [4.78, 5) is 40.1. The second-order valence-electron chi connectivity index (χ2n) is 5.36. The van der Waals surface area contributed by atoms with Crippen LogP contribution in [0.2, 0.25) is 0 Å². The van der Waals surface area contributed by atoms with Gasteiger partial charge in [-0.1, -0.05) is 12.1 Å². The number of halogens is 3. The first kappa shape index (κ1) is 19.8. The SMILES string of the molecule is O=C(NCC(F)(F)F)NC(=O)c1ccsc1NC(=O)c1nc2ccccc2s1. The van der Waals surface area contributed by atoms with Crippen molar-refractivity contribution in [2.75, 3.05) is 11.9 Å². The summed E-state index contributed by atoms with van der Waals surface area (Å²) in [5.41, 5.74) is 0.602. The van der Waals surface area contributed by atoms with Crippen LogP contribution in [0.1, 0.15) is 20.2 Å². The predicted octanol–water partition coefficient (Wildman–Crippen LogP) is 3.61. The molecular weight excluding hydrogens is 417 g/mol. The minimum absolute atomic E-state index is 0.0541. The Morgan fingerprint density at radius 2 is 1.82 bits per heavy atom. The van der Waals surface area contributed by atoms with E-state index in [2.05, 4.69) is 10.3 Å². The van der Waals surface area contributed by atoms with E-state index in [1.54, 1.807) is 17.4 Å².